The SMILES string of the molecule is NC1(C(=O)O)CC=C(OC2=CCC(N)(C(=O)O)C(O)=C2)C=C1O. The van der Waals surface area contributed by atoms with E-state index in [1.807, 2.05) is 0 Å². The van der Waals surface area contributed by atoms with Crippen molar-refractivity contribution < 1.29 is 34.8 Å². The molecule has 9 nitrogen and oxygen atoms in total. The summed E-state index contributed by atoms with van der Waals surface area (Å²) in [5.41, 5.74) is 7.30. The molecule has 0 aliphatic heterocycles. The number of allylic oxidation sites excluding steroid dienone is 2. The number of ether oxygens (including phenoxy) is 1. The summed E-state index contributed by atoms with van der Waals surface area (Å²) in [6.07, 6.45) is 4.43. The Kier molecular flexibility index (Phi) is 3.93. The van der Waals surface area contributed by atoms with Gasteiger partial charge in [-0.3, -0.25) is 0 Å². The van der Waals surface area contributed by atoms with Gasteiger partial charge >= 0.3 is 11.9 Å². The number of nitrogens with two attached hydrogens (primary N) is 2. The van der Waals surface area contributed by atoms with Crippen molar-refractivity contribution in [1.29, 1.82) is 0 Å². The quantitative estimate of drug-likeness (QED) is 0.416. The zero-order valence-electron chi connectivity index (χ0n) is 11.9. The van der Waals surface area contributed by atoms with Crippen molar-refractivity contribution in [3.63, 3.8) is 0 Å². The van der Waals surface area contributed by atoms with Crippen LogP contribution in [0, 0.1) is 0 Å². The third-order valence-electron chi connectivity index (χ3n) is 3.72. The van der Waals surface area contributed by atoms with Crippen LogP contribution in [0.3, 0.4) is 0 Å². The molecule has 0 radical (unpaired) electrons. The van der Waals surface area contributed by atoms with Crippen molar-refractivity contribution in [3.8, 4) is 0 Å². The molecule has 0 heterocycles. The number of carboxylic acids is 2. The van der Waals surface area contributed by atoms with Crippen molar-refractivity contribution in [3.05, 3.63) is 47.3 Å². The third-order valence-corrected chi connectivity index (χ3v) is 3.72. The first-order valence-electron chi connectivity index (χ1n) is 6.54. The summed E-state index contributed by atoms with van der Waals surface area (Å²) in [6, 6.07) is 0. The molecule has 2 atom stereocenters. The van der Waals surface area contributed by atoms with Crippen molar-refractivity contribution in [2.45, 2.75) is 23.9 Å². The molecule has 2 unspecified atom stereocenters. The Morgan fingerprint density at radius 3 is 1.52 bits per heavy atom. The van der Waals surface area contributed by atoms with Crippen LogP contribution in [0.15, 0.2) is 47.3 Å². The molecule has 0 bridgehead atoms. The largest absolute Gasteiger partial charge is 0.510 e. The van der Waals surface area contributed by atoms with E-state index in [1.54, 1.807) is 0 Å². The third kappa shape index (κ3) is 2.79. The van der Waals surface area contributed by atoms with Crippen LogP contribution < -0.4 is 11.5 Å². The molecule has 0 saturated carbocycles. The van der Waals surface area contributed by atoms with Crippen LogP contribution >= 0.6 is 0 Å². The Hall–Kier alpha value is -2.78. The van der Waals surface area contributed by atoms with Crippen molar-refractivity contribution in [1.82, 2.24) is 0 Å². The minimum Gasteiger partial charge on any atom is -0.510 e. The zero-order chi connectivity index (χ0) is 17.4. The van der Waals surface area contributed by atoms with E-state index in [0.29, 0.717) is 0 Å². The Morgan fingerprint density at radius 1 is 0.913 bits per heavy atom. The first-order valence-corrected chi connectivity index (χ1v) is 6.54. The molecule has 23 heavy (non-hydrogen) atoms. The van der Waals surface area contributed by atoms with Gasteiger partial charge in [-0.05, 0) is 12.2 Å². The van der Waals surface area contributed by atoms with Gasteiger partial charge in [0.05, 0.1) is 0 Å². The average Bonchev–Trinajstić information content (AvgIpc) is 2.46. The number of aliphatic hydroxyl groups excluding tert-OH is 2. The second kappa shape index (κ2) is 5.45. The second-order valence-electron chi connectivity index (χ2n) is 5.34. The minimum absolute atomic E-state index is 0.111. The molecule has 0 aromatic carbocycles. The standard InChI is InChI=1S/C14H16N2O7/c15-13(11(19)20)3-1-7(5-9(13)17)23-8-2-4-14(16,12(21)22)10(18)6-8/h1-2,5-6,17-18H,3-4,15-16H2,(H,19,20)(H,21,22). The smallest absolute Gasteiger partial charge is 0.331 e. The number of aliphatic carboxylic acids is 2. The summed E-state index contributed by atoms with van der Waals surface area (Å²) < 4.78 is 5.37. The van der Waals surface area contributed by atoms with E-state index < -0.39 is 34.5 Å². The lowest BCUT2D eigenvalue weighted by Crippen LogP contribution is -2.50. The number of rotatable bonds is 4. The predicted octanol–water partition coefficient (Wildman–Crippen LogP) is 0.0262. The molecule has 0 aromatic heterocycles. The Labute approximate surface area is 130 Å². The van der Waals surface area contributed by atoms with Gasteiger partial charge in [0, 0.05) is 25.0 Å². The van der Waals surface area contributed by atoms with Crippen LogP contribution in [0.4, 0.5) is 0 Å². The van der Waals surface area contributed by atoms with Crippen LogP contribution in [0.25, 0.3) is 0 Å². The first-order chi connectivity index (χ1) is 10.6. The lowest BCUT2D eigenvalue weighted by molar-refractivity contribution is -0.143. The summed E-state index contributed by atoms with van der Waals surface area (Å²) in [5.74, 6) is -3.70. The van der Waals surface area contributed by atoms with E-state index >= 15 is 0 Å². The van der Waals surface area contributed by atoms with Gasteiger partial charge in [-0.25, -0.2) is 9.59 Å². The van der Waals surface area contributed by atoms with Crippen molar-refractivity contribution >= 4 is 11.9 Å². The normalized spacial score (nSPS) is 30.5. The lowest BCUT2D eigenvalue weighted by Gasteiger charge is -2.28. The van der Waals surface area contributed by atoms with Crippen molar-refractivity contribution in [2.75, 3.05) is 0 Å². The van der Waals surface area contributed by atoms with Gasteiger partial charge in [0.15, 0.2) is 11.1 Å². The molecule has 2 aliphatic carbocycles. The van der Waals surface area contributed by atoms with Crippen LogP contribution in [0.5, 0.6) is 0 Å². The van der Waals surface area contributed by atoms with Crippen LogP contribution in [-0.2, 0) is 14.3 Å². The van der Waals surface area contributed by atoms with Gasteiger partial charge in [-0.1, -0.05) is 0 Å². The zero-order valence-corrected chi connectivity index (χ0v) is 11.9. The van der Waals surface area contributed by atoms with Gasteiger partial charge in [0.25, 0.3) is 0 Å². The molecule has 0 saturated heterocycles. The van der Waals surface area contributed by atoms with Gasteiger partial charge in [-0.15, -0.1) is 0 Å². The number of hydrogen-bond acceptors (Lipinski definition) is 7. The Balaban J connectivity index is 2.15. The van der Waals surface area contributed by atoms with Crippen molar-refractivity contribution in [2.24, 2.45) is 11.5 Å². The number of carbonyl (C=O) groups is 2. The summed E-state index contributed by atoms with van der Waals surface area (Å²) in [5, 5.41) is 37.5. The van der Waals surface area contributed by atoms with Gasteiger partial charge in [0.1, 0.15) is 23.0 Å². The topological polar surface area (TPSA) is 176 Å². The van der Waals surface area contributed by atoms with E-state index in [1.165, 1.54) is 12.2 Å². The van der Waals surface area contributed by atoms with E-state index in [9.17, 15) is 19.8 Å². The highest BCUT2D eigenvalue weighted by Crippen LogP contribution is 2.30. The summed E-state index contributed by atoms with van der Waals surface area (Å²) in [7, 11) is 0. The molecule has 124 valence electrons. The summed E-state index contributed by atoms with van der Waals surface area (Å²) >= 11 is 0. The molecule has 0 amide bonds. The number of aliphatic hydroxyl groups is 2. The van der Waals surface area contributed by atoms with Crippen LogP contribution in [0.1, 0.15) is 12.8 Å². The summed E-state index contributed by atoms with van der Waals surface area (Å²) in [4.78, 5) is 22.1. The van der Waals surface area contributed by atoms with E-state index in [0.717, 1.165) is 12.2 Å². The number of hydrogen-bond donors (Lipinski definition) is 6. The van der Waals surface area contributed by atoms with E-state index in [4.69, 9.17) is 26.4 Å². The molecular formula is C14H16N2O7. The Bertz CT molecular complexity index is 633. The fourth-order valence-corrected chi connectivity index (χ4v) is 2.05. The molecule has 2 aliphatic rings. The first kappa shape index (κ1) is 16.6. The van der Waals surface area contributed by atoms with Crippen LogP contribution in [-0.4, -0.2) is 43.4 Å². The highest BCUT2D eigenvalue weighted by Gasteiger charge is 2.42. The van der Waals surface area contributed by atoms with Crippen LogP contribution in [0.2, 0.25) is 0 Å². The molecule has 9 heteroatoms. The lowest BCUT2D eigenvalue weighted by atomic mass is 9.89. The maximum atomic E-state index is 11.0. The second-order valence-corrected chi connectivity index (χ2v) is 5.34. The molecule has 8 N–H and O–H groups in total. The summed E-state index contributed by atoms with van der Waals surface area (Å²) in [6.45, 7) is 0. The molecule has 2 rings (SSSR count). The molecule has 0 fully saturated rings. The van der Waals surface area contributed by atoms with E-state index in [-0.39, 0.29) is 24.4 Å². The maximum absolute atomic E-state index is 11.0. The molecule has 0 aromatic rings. The fraction of sp³-hybridized carbons (Fsp3) is 0.286. The predicted molar refractivity (Wildman–Crippen MR) is 77.0 cm³/mol. The number of carboxylic acid groups (broad SMARTS) is 2. The Morgan fingerprint density at radius 2 is 1.26 bits per heavy atom. The fourth-order valence-electron chi connectivity index (χ4n) is 2.05. The van der Waals surface area contributed by atoms with E-state index in [2.05, 4.69) is 0 Å². The highest BCUT2D eigenvalue weighted by molar-refractivity contribution is 5.83. The minimum atomic E-state index is -1.92. The molecule has 0 spiro atoms. The monoisotopic (exact) mass is 324 g/mol. The van der Waals surface area contributed by atoms with Gasteiger partial charge < -0.3 is 36.6 Å². The molecular weight excluding hydrogens is 308 g/mol. The van der Waals surface area contributed by atoms with Gasteiger partial charge in [-0.2, -0.15) is 0 Å². The highest BCUT2D eigenvalue weighted by atomic mass is 16.5. The van der Waals surface area contributed by atoms with Gasteiger partial charge in [0.2, 0.25) is 0 Å². The maximum Gasteiger partial charge on any atom is 0.331 e. The average molecular weight is 324 g/mol.